The van der Waals surface area contributed by atoms with Crippen LogP contribution in [0.3, 0.4) is 0 Å². The summed E-state index contributed by atoms with van der Waals surface area (Å²) in [5.41, 5.74) is 2.41. The first kappa shape index (κ1) is 20.5. The normalized spacial score (nSPS) is 17.0. The Labute approximate surface area is 180 Å². The summed E-state index contributed by atoms with van der Waals surface area (Å²) in [4.78, 5) is 12.0. The number of cyclic esters (lactones) is 1. The molecule has 0 N–H and O–H groups in total. The van der Waals surface area contributed by atoms with Gasteiger partial charge in [-0.1, -0.05) is 61.2 Å². The molecule has 0 aliphatic carbocycles. The average Bonchev–Trinajstić information content (AvgIpc) is 3.38. The van der Waals surface area contributed by atoms with Gasteiger partial charge in [-0.2, -0.15) is 0 Å². The second-order valence-corrected chi connectivity index (χ2v) is 8.37. The van der Waals surface area contributed by atoms with Gasteiger partial charge in [0.25, 0.3) is 0 Å². The fourth-order valence-corrected chi connectivity index (χ4v) is 4.53. The summed E-state index contributed by atoms with van der Waals surface area (Å²) in [7, 11) is 0. The first-order valence-corrected chi connectivity index (χ1v) is 11.1. The molecule has 1 aliphatic rings. The molecule has 0 spiro atoms. The predicted octanol–water partition coefficient (Wildman–Crippen LogP) is 4.44. The van der Waals surface area contributed by atoms with Crippen molar-refractivity contribution in [2.45, 2.75) is 49.7 Å². The van der Waals surface area contributed by atoms with Gasteiger partial charge in [0.05, 0.1) is 12.6 Å². The van der Waals surface area contributed by atoms with E-state index in [-0.39, 0.29) is 17.3 Å². The van der Waals surface area contributed by atoms with Crippen LogP contribution in [0.15, 0.2) is 59.8 Å². The number of hydrogen-bond donors (Lipinski definition) is 0. The van der Waals surface area contributed by atoms with E-state index in [4.69, 9.17) is 9.47 Å². The van der Waals surface area contributed by atoms with Gasteiger partial charge in [0.15, 0.2) is 11.0 Å². The number of ether oxygens (including phenoxy) is 2. The topological polar surface area (TPSA) is 66.2 Å². The zero-order valence-corrected chi connectivity index (χ0v) is 18.0. The van der Waals surface area contributed by atoms with Crippen LogP contribution in [0.4, 0.5) is 0 Å². The Balaban J connectivity index is 1.59. The lowest BCUT2D eigenvalue weighted by atomic mass is 10.1. The number of esters is 1. The minimum Gasteiger partial charge on any atom is -0.486 e. The van der Waals surface area contributed by atoms with Crippen molar-refractivity contribution in [3.05, 3.63) is 71.5 Å². The number of benzene rings is 2. The molecular formula is C23H25N3O3S. The molecule has 1 fully saturated rings. The molecule has 3 aromatic rings. The Morgan fingerprint density at radius 3 is 2.60 bits per heavy atom. The third kappa shape index (κ3) is 4.51. The highest BCUT2D eigenvalue weighted by Crippen LogP contribution is 2.32. The van der Waals surface area contributed by atoms with Crippen molar-refractivity contribution < 1.29 is 14.3 Å². The van der Waals surface area contributed by atoms with Crippen LogP contribution < -0.4 is 4.74 Å². The molecule has 6 nitrogen and oxygen atoms in total. The van der Waals surface area contributed by atoms with Crippen molar-refractivity contribution in [2.75, 3.05) is 6.61 Å². The molecule has 30 heavy (non-hydrogen) atoms. The van der Waals surface area contributed by atoms with Crippen LogP contribution in [0, 0.1) is 0 Å². The summed E-state index contributed by atoms with van der Waals surface area (Å²) in [5.74, 6) is 1.33. The van der Waals surface area contributed by atoms with Crippen LogP contribution in [0.25, 0.3) is 0 Å². The third-order valence-electron chi connectivity index (χ3n) is 5.24. The summed E-state index contributed by atoms with van der Waals surface area (Å²) < 4.78 is 13.2. The van der Waals surface area contributed by atoms with Gasteiger partial charge in [-0.25, -0.2) is 0 Å². The van der Waals surface area contributed by atoms with Gasteiger partial charge in [0, 0.05) is 6.42 Å². The maximum absolute atomic E-state index is 12.0. The largest absolute Gasteiger partial charge is 0.486 e. The summed E-state index contributed by atoms with van der Waals surface area (Å²) in [6, 6.07) is 18.3. The monoisotopic (exact) mass is 423 g/mol. The van der Waals surface area contributed by atoms with Crippen LogP contribution in [0.1, 0.15) is 43.3 Å². The van der Waals surface area contributed by atoms with Crippen molar-refractivity contribution in [3.63, 3.8) is 0 Å². The Morgan fingerprint density at radius 1 is 1.17 bits per heavy atom. The van der Waals surface area contributed by atoms with Crippen molar-refractivity contribution in [3.8, 4) is 5.75 Å². The van der Waals surface area contributed by atoms with E-state index in [1.807, 2.05) is 30.3 Å². The molecule has 1 saturated heterocycles. The second-order valence-electron chi connectivity index (χ2n) is 7.20. The van der Waals surface area contributed by atoms with Crippen molar-refractivity contribution in [2.24, 2.45) is 0 Å². The van der Waals surface area contributed by atoms with E-state index in [0.717, 1.165) is 23.6 Å². The van der Waals surface area contributed by atoms with Crippen LogP contribution >= 0.6 is 11.8 Å². The number of thioether (sulfide) groups is 1. The molecule has 2 atom stereocenters. The van der Waals surface area contributed by atoms with Gasteiger partial charge < -0.3 is 9.47 Å². The maximum Gasteiger partial charge on any atom is 0.319 e. The molecule has 1 aliphatic heterocycles. The molecule has 1 aromatic heterocycles. The summed E-state index contributed by atoms with van der Waals surface area (Å²) in [6.07, 6.45) is 1.68. The third-order valence-corrected chi connectivity index (χ3v) is 6.44. The number of aromatic nitrogens is 3. The van der Waals surface area contributed by atoms with E-state index in [1.54, 1.807) is 0 Å². The Hall–Kier alpha value is -2.80. The lowest BCUT2D eigenvalue weighted by Gasteiger charge is -2.19. The summed E-state index contributed by atoms with van der Waals surface area (Å²) in [6.45, 7) is 4.99. The van der Waals surface area contributed by atoms with Crippen molar-refractivity contribution >= 4 is 17.7 Å². The maximum atomic E-state index is 12.0. The quantitative estimate of drug-likeness (QED) is 0.499. The predicted molar refractivity (Wildman–Crippen MR) is 116 cm³/mol. The summed E-state index contributed by atoms with van der Waals surface area (Å²) >= 11 is 1.42. The molecule has 4 rings (SSSR count). The Morgan fingerprint density at radius 2 is 1.93 bits per heavy atom. The molecular weight excluding hydrogens is 398 g/mol. The van der Waals surface area contributed by atoms with Gasteiger partial charge in [0.1, 0.15) is 17.6 Å². The molecule has 156 valence electrons. The SMILES string of the molecule is CCc1ccc(OCc2nnc(S[C@H]3CCOC3=O)n2[C@@H](C)c2ccccc2)cc1. The first-order chi connectivity index (χ1) is 14.7. The lowest BCUT2D eigenvalue weighted by Crippen LogP contribution is -2.16. The Bertz CT molecular complexity index is 989. The van der Waals surface area contributed by atoms with Gasteiger partial charge in [-0.05, 0) is 36.6 Å². The van der Waals surface area contributed by atoms with Gasteiger partial charge in [-0.3, -0.25) is 9.36 Å². The number of rotatable bonds is 8. The number of carbonyl (C=O) groups excluding carboxylic acids is 1. The standard InChI is InChI=1S/C23H25N3O3S/c1-3-17-9-11-19(12-10-17)29-15-21-24-25-23(30-20-13-14-28-22(20)27)26(21)16(2)18-7-5-4-6-8-18/h4-12,16,20H,3,13-15H2,1-2H3/t16-,20-/m0/s1. The number of hydrogen-bond acceptors (Lipinski definition) is 6. The molecule has 7 heteroatoms. The second kappa shape index (κ2) is 9.34. The molecule has 2 heterocycles. The summed E-state index contributed by atoms with van der Waals surface area (Å²) in [5, 5.41) is 9.24. The molecule has 0 amide bonds. The van der Waals surface area contributed by atoms with E-state index < -0.39 is 0 Å². The molecule has 0 saturated carbocycles. The zero-order valence-electron chi connectivity index (χ0n) is 17.2. The first-order valence-electron chi connectivity index (χ1n) is 10.2. The van der Waals surface area contributed by atoms with E-state index in [1.165, 1.54) is 17.3 Å². The van der Waals surface area contributed by atoms with Crippen LogP contribution in [0.5, 0.6) is 5.75 Å². The van der Waals surface area contributed by atoms with E-state index in [9.17, 15) is 4.79 Å². The highest BCUT2D eigenvalue weighted by atomic mass is 32.2. The van der Waals surface area contributed by atoms with Gasteiger partial charge in [-0.15, -0.1) is 10.2 Å². The highest BCUT2D eigenvalue weighted by Gasteiger charge is 2.31. The molecule has 0 bridgehead atoms. The van der Waals surface area contributed by atoms with E-state index in [2.05, 4.69) is 52.9 Å². The highest BCUT2D eigenvalue weighted by molar-refractivity contribution is 8.00. The smallest absolute Gasteiger partial charge is 0.319 e. The van der Waals surface area contributed by atoms with Crippen LogP contribution in [-0.2, 0) is 22.6 Å². The number of aryl methyl sites for hydroxylation is 1. The van der Waals surface area contributed by atoms with Crippen LogP contribution in [0.2, 0.25) is 0 Å². The molecule has 2 aromatic carbocycles. The average molecular weight is 424 g/mol. The van der Waals surface area contributed by atoms with E-state index >= 15 is 0 Å². The van der Waals surface area contributed by atoms with Crippen molar-refractivity contribution in [1.29, 1.82) is 0 Å². The van der Waals surface area contributed by atoms with Gasteiger partial charge >= 0.3 is 5.97 Å². The fourth-order valence-electron chi connectivity index (χ4n) is 3.44. The number of nitrogens with zero attached hydrogens (tertiary/aromatic N) is 3. The fraction of sp³-hybridized carbons (Fsp3) is 0.348. The van der Waals surface area contributed by atoms with Gasteiger partial charge in [0.2, 0.25) is 0 Å². The minimum absolute atomic E-state index is 0.00203. The lowest BCUT2D eigenvalue weighted by molar-refractivity contribution is -0.137. The Kier molecular flexibility index (Phi) is 6.38. The molecule has 0 unspecified atom stereocenters. The van der Waals surface area contributed by atoms with E-state index in [0.29, 0.717) is 24.8 Å². The minimum atomic E-state index is -0.244. The van der Waals surface area contributed by atoms with Crippen LogP contribution in [-0.4, -0.2) is 32.6 Å². The molecule has 0 radical (unpaired) electrons. The zero-order chi connectivity index (χ0) is 20.9. The number of carbonyl (C=O) groups is 1. The van der Waals surface area contributed by atoms with Crippen molar-refractivity contribution in [1.82, 2.24) is 14.8 Å².